The first-order valence-corrected chi connectivity index (χ1v) is 4.90. The molecule has 0 spiro atoms. The van der Waals surface area contributed by atoms with Crippen LogP contribution >= 0.6 is 0 Å². The number of imidazole rings is 1. The molecule has 88 valence electrons. The highest BCUT2D eigenvalue weighted by molar-refractivity contribution is 5.84. The molecule has 2 amide bonds. The van der Waals surface area contributed by atoms with E-state index in [2.05, 4.69) is 15.6 Å². The summed E-state index contributed by atoms with van der Waals surface area (Å²) in [5.74, 6) is -1.06. The molecule has 0 fully saturated rings. The number of rotatable bonds is 5. The monoisotopic (exact) mass is 226 g/mol. The van der Waals surface area contributed by atoms with E-state index >= 15 is 0 Å². The maximum absolute atomic E-state index is 11.0. The zero-order chi connectivity index (χ0) is 12.0. The lowest BCUT2D eigenvalue weighted by molar-refractivity contribution is 0.0691. The Labute approximate surface area is 92.5 Å². The van der Waals surface area contributed by atoms with Crippen molar-refractivity contribution in [2.45, 2.75) is 13.5 Å². The van der Waals surface area contributed by atoms with Crippen LogP contribution in [0, 0.1) is 0 Å². The predicted octanol–water partition coefficient (Wildman–Crippen LogP) is -0.0996. The fraction of sp³-hybridized carbons (Fsp3) is 0.444. The third-order valence-corrected chi connectivity index (χ3v) is 1.85. The number of aromatic carboxylic acids is 1. The number of carbonyl (C=O) groups is 2. The van der Waals surface area contributed by atoms with Gasteiger partial charge in [0.05, 0.1) is 6.33 Å². The molecule has 0 radical (unpaired) electrons. The maximum Gasteiger partial charge on any atom is 0.356 e. The van der Waals surface area contributed by atoms with Gasteiger partial charge in [0.25, 0.3) is 0 Å². The molecule has 1 heterocycles. The Morgan fingerprint density at radius 1 is 1.50 bits per heavy atom. The summed E-state index contributed by atoms with van der Waals surface area (Å²) in [5.41, 5.74) is -0.00184. The van der Waals surface area contributed by atoms with Gasteiger partial charge in [0, 0.05) is 25.8 Å². The van der Waals surface area contributed by atoms with Crippen molar-refractivity contribution in [2.24, 2.45) is 0 Å². The predicted molar refractivity (Wildman–Crippen MR) is 56.3 cm³/mol. The normalized spacial score (nSPS) is 9.81. The van der Waals surface area contributed by atoms with Crippen molar-refractivity contribution in [3.63, 3.8) is 0 Å². The number of hydrogen-bond acceptors (Lipinski definition) is 3. The molecule has 0 aromatic carbocycles. The molecule has 0 aliphatic carbocycles. The Hall–Kier alpha value is -2.05. The first-order chi connectivity index (χ1) is 7.63. The van der Waals surface area contributed by atoms with Crippen molar-refractivity contribution in [1.82, 2.24) is 20.2 Å². The zero-order valence-electron chi connectivity index (χ0n) is 8.93. The van der Waals surface area contributed by atoms with Crippen LogP contribution in [-0.2, 0) is 6.54 Å². The van der Waals surface area contributed by atoms with Crippen molar-refractivity contribution < 1.29 is 14.7 Å². The maximum atomic E-state index is 11.0. The summed E-state index contributed by atoms with van der Waals surface area (Å²) in [7, 11) is 0. The molecule has 0 saturated heterocycles. The average Bonchev–Trinajstić information content (AvgIpc) is 2.67. The summed E-state index contributed by atoms with van der Waals surface area (Å²) >= 11 is 0. The lowest BCUT2D eigenvalue weighted by Crippen LogP contribution is -2.36. The number of carboxylic acid groups (broad SMARTS) is 1. The van der Waals surface area contributed by atoms with Gasteiger partial charge in [0.1, 0.15) is 0 Å². The second kappa shape index (κ2) is 5.74. The summed E-state index contributed by atoms with van der Waals surface area (Å²) in [4.78, 5) is 25.2. The van der Waals surface area contributed by atoms with Gasteiger partial charge < -0.3 is 20.3 Å². The van der Waals surface area contributed by atoms with Gasteiger partial charge in [-0.25, -0.2) is 14.6 Å². The molecule has 0 saturated carbocycles. The van der Waals surface area contributed by atoms with Crippen molar-refractivity contribution in [3.8, 4) is 0 Å². The molecule has 0 aliphatic rings. The zero-order valence-corrected chi connectivity index (χ0v) is 8.93. The molecule has 1 aromatic heterocycles. The SMILES string of the molecule is CCNC(=O)NCCn1cnc(C(=O)O)c1. The molecule has 0 unspecified atom stereocenters. The molecule has 7 nitrogen and oxygen atoms in total. The van der Waals surface area contributed by atoms with E-state index in [1.54, 1.807) is 4.57 Å². The van der Waals surface area contributed by atoms with E-state index in [4.69, 9.17) is 5.11 Å². The molecular weight excluding hydrogens is 212 g/mol. The molecule has 3 N–H and O–H groups in total. The van der Waals surface area contributed by atoms with Crippen molar-refractivity contribution in [3.05, 3.63) is 18.2 Å². The summed E-state index contributed by atoms with van der Waals surface area (Å²) in [6.45, 7) is 3.30. The number of amides is 2. The van der Waals surface area contributed by atoms with E-state index in [-0.39, 0.29) is 11.7 Å². The van der Waals surface area contributed by atoms with E-state index in [9.17, 15) is 9.59 Å². The standard InChI is InChI=1S/C9H14N4O3/c1-2-10-9(16)11-3-4-13-5-7(8(14)15)12-6-13/h5-6H,2-4H2,1H3,(H,14,15)(H2,10,11,16). The molecule has 0 atom stereocenters. The number of aromatic nitrogens is 2. The Kier molecular flexibility index (Phi) is 4.31. The van der Waals surface area contributed by atoms with Crippen LogP contribution in [0.15, 0.2) is 12.5 Å². The lowest BCUT2D eigenvalue weighted by Gasteiger charge is -2.05. The van der Waals surface area contributed by atoms with Crippen LogP contribution in [0.5, 0.6) is 0 Å². The van der Waals surface area contributed by atoms with Crippen LogP contribution in [0.25, 0.3) is 0 Å². The fourth-order valence-electron chi connectivity index (χ4n) is 1.11. The van der Waals surface area contributed by atoms with Crippen LogP contribution in [0.3, 0.4) is 0 Å². The van der Waals surface area contributed by atoms with Gasteiger partial charge in [-0.2, -0.15) is 0 Å². The highest BCUT2D eigenvalue weighted by atomic mass is 16.4. The molecule has 7 heteroatoms. The summed E-state index contributed by atoms with van der Waals surface area (Å²) in [6, 6.07) is -0.235. The van der Waals surface area contributed by atoms with E-state index in [0.29, 0.717) is 19.6 Å². The Morgan fingerprint density at radius 3 is 2.81 bits per heavy atom. The van der Waals surface area contributed by atoms with E-state index in [1.807, 2.05) is 6.92 Å². The van der Waals surface area contributed by atoms with Gasteiger partial charge in [-0.1, -0.05) is 0 Å². The molecule has 0 aliphatic heterocycles. The topological polar surface area (TPSA) is 96.3 Å². The van der Waals surface area contributed by atoms with Gasteiger partial charge >= 0.3 is 12.0 Å². The van der Waals surface area contributed by atoms with Crippen LogP contribution in [0.4, 0.5) is 4.79 Å². The van der Waals surface area contributed by atoms with Crippen LogP contribution in [0.2, 0.25) is 0 Å². The summed E-state index contributed by atoms with van der Waals surface area (Å²) < 4.78 is 1.61. The van der Waals surface area contributed by atoms with Gasteiger partial charge in [-0.3, -0.25) is 0 Å². The van der Waals surface area contributed by atoms with Crippen LogP contribution in [0.1, 0.15) is 17.4 Å². The number of carbonyl (C=O) groups excluding carboxylic acids is 1. The first-order valence-electron chi connectivity index (χ1n) is 4.90. The number of hydrogen-bond donors (Lipinski definition) is 3. The third-order valence-electron chi connectivity index (χ3n) is 1.85. The molecule has 1 rings (SSSR count). The summed E-state index contributed by atoms with van der Waals surface area (Å²) in [5, 5.41) is 13.8. The molecular formula is C9H14N4O3. The number of urea groups is 1. The van der Waals surface area contributed by atoms with Gasteiger partial charge in [-0.05, 0) is 6.92 Å². The Morgan fingerprint density at radius 2 is 2.25 bits per heavy atom. The van der Waals surface area contributed by atoms with Gasteiger partial charge in [0.2, 0.25) is 0 Å². The molecule has 1 aromatic rings. The highest BCUT2D eigenvalue weighted by Crippen LogP contribution is 1.95. The van der Waals surface area contributed by atoms with Gasteiger partial charge in [0.15, 0.2) is 5.69 Å². The largest absolute Gasteiger partial charge is 0.476 e. The van der Waals surface area contributed by atoms with Crippen molar-refractivity contribution >= 4 is 12.0 Å². The quantitative estimate of drug-likeness (QED) is 0.653. The molecule has 16 heavy (non-hydrogen) atoms. The van der Waals surface area contributed by atoms with Crippen molar-refractivity contribution in [1.29, 1.82) is 0 Å². The number of nitrogens with zero attached hydrogens (tertiary/aromatic N) is 2. The second-order valence-corrected chi connectivity index (χ2v) is 3.09. The number of carboxylic acids is 1. The molecule has 0 bridgehead atoms. The van der Waals surface area contributed by atoms with Crippen LogP contribution in [-0.4, -0.2) is 39.7 Å². The Balaban J connectivity index is 2.32. The second-order valence-electron chi connectivity index (χ2n) is 3.09. The smallest absolute Gasteiger partial charge is 0.356 e. The number of nitrogens with one attached hydrogen (secondary N) is 2. The van der Waals surface area contributed by atoms with Crippen molar-refractivity contribution in [2.75, 3.05) is 13.1 Å². The fourth-order valence-corrected chi connectivity index (χ4v) is 1.11. The van der Waals surface area contributed by atoms with Crippen LogP contribution < -0.4 is 10.6 Å². The minimum Gasteiger partial charge on any atom is -0.476 e. The van der Waals surface area contributed by atoms with E-state index in [1.165, 1.54) is 12.5 Å². The lowest BCUT2D eigenvalue weighted by atomic mass is 10.5. The first kappa shape index (κ1) is 12.0. The van der Waals surface area contributed by atoms with E-state index < -0.39 is 5.97 Å². The van der Waals surface area contributed by atoms with E-state index in [0.717, 1.165) is 0 Å². The minimum atomic E-state index is -1.06. The Bertz CT molecular complexity index is 375. The third kappa shape index (κ3) is 3.60. The minimum absolute atomic E-state index is 0.00184. The summed E-state index contributed by atoms with van der Waals surface area (Å²) in [6.07, 6.45) is 2.84. The van der Waals surface area contributed by atoms with Gasteiger partial charge in [-0.15, -0.1) is 0 Å². The average molecular weight is 226 g/mol. The highest BCUT2D eigenvalue weighted by Gasteiger charge is 2.06.